The molecule has 0 amide bonds. The molecule has 0 unspecified atom stereocenters. The first-order valence-corrected chi connectivity index (χ1v) is 4.35. The Labute approximate surface area is 63.2 Å². The summed E-state index contributed by atoms with van der Waals surface area (Å²) in [5.41, 5.74) is 0. The van der Waals surface area contributed by atoms with Crippen LogP contribution in [0, 0.1) is 0 Å². The van der Waals surface area contributed by atoms with Gasteiger partial charge in [-0.3, -0.25) is 0 Å². The maximum absolute atomic E-state index is 10.4. The number of hydrogen-bond acceptors (Lipinski definition) is 2. The molecular weight excluding hydrogens is 271 g/mol. The second kappa shape index (κ2) is 3.28. The van der Waals surface area contributed by atoms with Crippen LogP contribution in [0.5, 0.6) is 0 Å². The second-order valence-corrected chi connectivity index (χ2v) is 3.73. The van der Waals surface area contributed by atoms with Gasteiger partial charge in [-0.15, -0.1) is 0 Å². The quantitative estimate of drug-likeness (QED) is 0.544. The topological polar surface area (TPSA) is 34.1 Å². The van der Waals surface area contributed by atoms with Crippen LogP contribution in [0.2, 0.25) is 3.67 Å². The van der Waals surface area contributed by atoms with E-state index in [0.717, 1.165) is 0 Å². The molecule has 0 aromatic rings. The van der Waals surface area contributed by atoms with Gasteiger partial charge in [0.2, 0.25) is 0 Å². The maximum atomic E-state index is 10.4. The predicted octanol–water partition coefficient (Wildman–Crippen LogP) is 0.500. The van der Waals surface area contributed by atoms with Crippen LogP contribution in [-0.2, 0) is 34.0 Å². The fraction of sp³-hybridized carbons (Fsp3) is 0.600. The van der Waals surface area contributed by atoms with Crippen LogP contribution >= 0.6 is 0 Å². The van der Waals surface area contributed by atoms with Crippen LogP contribution in [0.25, 0.3) is 0 Å². The molecule has 0 aliphatic heterocycles. The van der Waals surface area contributed by atoms with Gasteiger partial charge in [-0.05, 0) is 0 Å². The number of rotatable bonds is 2. The Hall–Kier alpha value is 0.210. The van der Waals surface area contributed by atoms with Crippen molar-refractivity contribution >= 4 is 11.6 Å². The summed E-state index contributed by atoms with van der Waals surface area (Å²) >= 11 is 0.659. The van der Waals surface area contributed by atoms with Crippen LogP contribution in [0.1, 0.15) is 13.8 Å². The molecule has 0 bridgehead atoms. The molecule has 2 nitrogen and oxygen atoms in total. The molecule has 0 saturated carbocycles. The first kappa shape index (κ1) is 8.21. The van der Waals surface area contributed by atoms with Gasteiger partial charge in [0.1, 0.15) is 0 Å². The minimum absolute atomic E-state index is 0.00386. The average molecular weight is 278 g/mol. The van der Waals surface area contributed by atoms with E-state index in [4.69, 9.17) is 0 Å². The zero-order chi connectivity index (χ0) is 6.73. The molecule has 0 aliphatic carbocycles. The summed E-state index contributed by atoms with van der Waals surface area (Å²) in [6, 6.07) is 0. The van der Waals surface area contributed by atoms with Crippen molar-refractivity contribution in [3.05, 3.63) is 0 Å². The van der Waals surface area contributed by atoms with E-state index in [-0.39, 0.29) is 15.2 Å². The molecular formula is C5H7HfO2. The Kier molecular flexibility index (Phi) is 3.36. The third kappa shape index (κ3) is 2.50. The van der Waals surface area contributed by atoms with Gasteiger partial charge in [0.25, 0.3) is 0 Å². The molecule has 0 aromatic carbocycles. The van der Waals surface area contributed by atoms with Crippen molar-refractivity contribution < 1.29 is 34.0 Å². The van der Waals surface area contributed by atoms with Gasteiger partial charge in [-0.25, -0.2) is 0 Å². The summed E-state index contributed by atoms with van der Waals surface area (Å²) in [6.07, 6.45) is 0. The van der Waals surface area contributed by atoms with E-state index >= 15 is 0 Å². The SMILES string of the molecule is CC(=O)[CH]([Hf])C(C)=O. The average Bonchev–Trinajstić information content (AvgIpc) is 1.64. The van der Waals surface area contributed by atoms with Gasteiger partial charge in [0.15, 0.2) is 0 Å². The van der Waals surface area contributed by atoms with Crippen molar-refractivity contribution in [2.24, 2.45) is 0 Å². The Bertz CT molecular complexity index is 106. The molecule has 0 aliphatic rings. The molecule has 0 N–H and O–H groups in total. The van der Waals surface area contributed by atoms with Crippen LogP contribution in [0.15, 0.2) is 0 Å². The van der Waals surface area contributed by atoms with Gasteiger partial charge in [-0.2, -0.15) is 0 Å². The van der Waals surface area contributed by atoms with Crippen molar-refractivity contribution in [3.8, 4) is 0 Å². The van der Waals surface area contributed by atoms with Gasteiger partial charge in [0.05, 0.1) is 0 Å². The van der Waals surface area contributed by atoms with Gasteiger partial charge >= 0.3 is 63.1 Å². The number of carbonyl (C=O) groups excluding carboxylic acids is 2. The Balaban J connectivity index is 3.83. The van der Waals surface area contributed by atoms with E-state index in [9.17, 15) is 9.59 Å². The molecule has 0 heterocycles. The second-order valence-electron chi connectivity index (χ2n) is 1.65. The third-order valence-electron chi connectivity index (χ3n) is 0.813. The summed E-state index contributed by atoms with van der Waals surface area (Å²) in [7, 11) is 0. The van der Waals surface area contributed by atoms with Crippen LogP contribution < -0.4 is 0 Å². The fourth-order valence-electron chi connectivity index (χ4n) is 0.286. The van der Waals surface area contributed by atoms with E-state index in [2.05, 4.69) is 0 Å². The molecule has 0 fully saturated rings. The molecule has 43 valence electrons. The van der Waals surface area contributed by atoms with Crippen molar-refractivity contribution in [2.75, 3.05) is 0 Å². The van der Waals surface area contributed by atoms with Crippen LogP contribution in [-0.4, -0.2) is 11.6 Å². The number of Topliss-reactive ketones (excluding diaryl/α,β-unsaturated/α-hetero) is 2. The third-order valence-corrected chi connectivity index (χ3v) is 3.73. The summed E-state index contributed by atoms with van der Waals surface area (Å²) in [4.78, 5) is 20.8. The van der Waals surface area contributed by atoms with Crippen LogP contribution in [0.3, 0.4) is 0 Å². The summed E-state index contributed by atoms with van der Waals surface area (Å²) in [5, 5.41) is 0. The molecule has 0 spiro atoms. The Morgan fingerprint density at radius 3 is 1.50 bits per heavy atom. The molecule has 0 rings (SSSR count). The van der Waals surface area contributed by atoms with Crippen molar-refractivity contribution in [3.63, 3.8) is 0 Å². The minimum atomic E-state index is -0.269. The normalized spacial score (nSPS) is 9.25. The van der Waals surface area contributed by atoms with Crippen molar-refractivity contribution in [1.29, 1.82) is 0 Å². The van der Waals surface area contributed by atoms with Crippen molar-refractivity contribution in [2.45, 2.75) is 17.5 Å². The first-order valence-electron chi connectivity index (χ1n) is 2.27. The molecule has 0 saturated heterocycles. The van der Waals surface area contributed by atoms with Gasteiger partial charge < -0.3 is 0 Å². The number of ketones is 2. The summed E-state index contributed by atoms with van der Waals surface area (Å²) in [5.74, 6) is 0.00772. The number of hydrogen-bond donors (Lipinski definition) is 0. The zero-order valence-corrected chi connectivity index (χ0v) is 8.49. The van der Waals surface area contributed by atoms with E-state index in [1.54, 1.807) is 0 Å². The molecule has 0 atom stereocenters. The monoisotopic (exact) mass is 279 g/mol. The van der Waals surface area contributed by atoms with E-state index in [1.807, 2.05) is 0 Å². The zero-order valence-electron chi connectivity index (χ0n) is 4.89. The Morgan fingerprint density at radius 1 is 1.25 bits per heavy atom. The standard InChI is InChI=1S/C5H7O2.Hf/c1-4(6)3-5(2)7;/h3H,1-2H3;. The fourth-order valence-corrected chi connectivity index (χ4v) is 0.286. The van der Waals surface area contributed by atoms with Gasteiger partial charge in [-0.1, -0.05) is 0 Å². The number of carbonyl (C=O) groups is 2. The molecule has 8 heavy (non-hydrogen) atoms. The molecule has 0 radical (unpaired) electrons. The first-order chi connectivity index (χ1) is 3.55. The summed E-state index contributed by atoms with van der Waals surface area (Å²) < 4.78 is -0.269. The van der Waals surface area contributed by atoms with Crippen LogP contribution in [0.4, 0.5) is 0 Å². The van der Waals surface area contributed by atoms with Crippen molar-refractivity contribution in [1.82, 2.24) is 0 Å². The van der Waals surface area contributed by atoms with E-state index < -0.39 is 0 Å². The van der Waals surface area contributed by atoms with E-state index in [0.29, 0.717) is 24.4 Å². The molecule has 0 aromatic heterocycles. The predicted molar refractivity (Wildman–Crippen MR) is 25.1 cm³/mol. The van der Waals surface area contributed by atoms with Gasteiger partial charge in [0, 0.05) is 0 Å². The van der Waals surface area contributed by atoms with E-state index in [1.165, 1.54) is 13.8 Å². The molecule has 3 heteroatoms. The Morgan fingerprint density at radius 2 is 1.50 bits per heavy atom. The summed E-state index contributed by atoms with van der Waals surface area (Å²) in [6.45, 7) is 2.91.